The van der Waals surface area contributed by atoms with Crippen molar-refractivity contribution < 1.29 is 22.8 Å². The lowest BCUT2D eigenvalue weighted by molar-refractivity contribution is -0.126. The maximum Gasteiger partial charge on any atom is 0.235 e. The van der Waals surface area contributed by atoms with Crippen LogP contribution in [-0.4, -0.2) is 74.8 Å². The number of nitrogens with one attached hydrogen (secondary N) is 2. The lowest BCUT2D eigenvalue weighted by Gasteiger charge is -2.29. The van der Waals surface area contributed by atoms with E-state index < -0.39 is 34.4 Å². The van der Waals surface area contributed by atoms with E-state index in [9.17, 15) is 22.8 Å². The molecule has 0 heterocycles. The highest BCUT2D eigenvalue weighted by atomic mass is 32.2. The van der Waals surface area contributed by atoms with E-state index in [-0.39, 0.29) is 43.5 Å². The molecule has 12 heteroatoms. The molecule has 0 saturated heterocycles. The van der Waals surface area contributed by atoms with Gasteiger partial charge < -0.3 is 27.8 Å². The minimum absolute atomic E-state index is 0.00394. The van der Waals surface area contributed by atoms with Crippen molar-refractivity contribution in [3.8, 4) is 0 Å². The Bertz CT molecular complexity index is 1860. The zero-order chi connectivity index (χ0) is 36.6. The topological polar surface area (TPSA) is 191 Å². The summed E-state index contributed by atoms with van der Waals surface area (Å²) in [6.07, 6.45) is 3.54. The molecule has 51 heavy (non-hydrogen) atoms. The van der Waals surface area contributed by atoms with Gasteiger partial charge in [0, 0.05) is 43.6 Å². The van der Waals surface area contributed by atoms with Crippen LogP contribution >= 0.6 is 0 Å². The van der Waals surface area contributed by atoms with Gasteiger partial charge in [-0.25, -0.2) is 8.42 Å². The average molecular weight is 717 g/mol. The minimum atomic E-state index is -3.95. The van der Waals surface area contributed by atoms with Gasteiger partial charge in [0.25, 0.3) is 0 Å². The maximum absolute atomic E-state index is 13.9. The number of nitrogens with zero attached hydrogens (tertiary/aromatic N) is 1. The second-order valence-electron chi connectivity index (χ2n) is 13.0. The van der Waals surface area contributed by atoms with Crippen molar-refractivity contribution in [1.82, 2.24) is 14.9 Å². The molecule has 0 unspecified atom stereocenters. The summed E-state index contributed by atoms with van der Waals surface area (Å²) in [4.78, 5) is 40.7. The molecule has 274 valence electrons. The van der Waals surface area contributed by atoms with Crippen LogP contribution in [0, 0.1) is 5.92 Å². The van der Waals surface area contributed by atoms with Gasteiger partial charge in [-0.05, 0) is 71.9 Å². The summed E-state index contributed by atoms with van der Waals surface area (Å²) in [7, 11) is -3.95. The highest BCUT2D eigenvalue weighted by Gasteiger charge is 2.30. The van der Waals surface area contributed by atoms with E-state index in [2.05, 4.69) is 10.6 Å². The second-order valence-corrected chi connectivity index (χ2v) is 15.1. The third kappa shape index (κ3) is 11.9. The first kappa shape index (κ1) is 39.6. The molecule has 2 amide bonds. The molecule has 0 radical (unpaired) electrons. The number of hydrogen-bond donors (Lipinski definition) is 5. The number of rotatable bonds is 22. The Morgan fingerprint density at radius 3 is 2.12 bits per heavy atom. The van der Waals surface area contributed by atoms with Gasteiger partial charge in [0.2, 0.25) is 21.8 Å². The summed E-state index contributed by atoms with van der Waals surface area (Å²) in [5.74, 6) is -1.96. The van der Waals surface area contributed by atoms with Crippen molar-refractivity contribution in [1.29, 1.82) is 0 Å². The Labute approximate surface area is 301 Å². The summed E-state index contributed by atoms with van der Waals surface area (Å²) >= 11 is 0. The van der Waals surface area contributed by atoms with Gasteiger partial charge in [-0.3, -0.25) is 14.4 Å². The number of sulfonamides is 1. The number of carbonyl (C=O) groups is 3. The van der Waals surface area contributed by atoms with E-state index >= 15 is 0 Å². The summed E-state index contributed by atoms with van der Waals surface area (Å²) in [6.45, 7) is 0.433. The summed E-state index contributed by atoms with van der Waals surface area (Å²) in [6, 6.07) is 26.3. The normalized spacial score (nSPS) is 12.9. The Balaban J connectivity index is 1.50. The first-order valence-electron chi connectivity index (χ1n) is 17.8. The van der Waals surface area contributed by atoms with Crippen LogP contribution in [0.3, 0.4) is 0 Å². The SMILES string of the molecule is NCCCC[C@@H](CN(CC(=O)NCc1cccc2ccccc12)S(=O)(=O)CCN)NC(=O)[C@H](CCCCN)CC(=O)c1ccc2ccccc2c1. The Kier molecular flexibility index (Phi) is 15.5. The largest absolute Gasteiger partial charge is 0.352 e. The van der Waals surface area contributed by atoms with Gasteiger partial charge in [0.1, 0.15) is 0 Å². The highest BCUT2D eigenvalue weighted by molar-refractivity contribution is 7.89. The van der Waals surface area contributed by atoms with Gasteiger partial charge in [0.15, 0.2) is 5.78 Å². The maximum atomic E-state index is 13.9. The Morgan fingerprint density at radius 1 is 0.725 bits per heavy atom. The molecule has 4 rings (SSSR count). The van der Waals surface area contributed by atoms with Crippen molar-refractivity contribution in [3.05, 3.63) is 96.1 Å². The molecular weight excluding hydrogens is 665 g/mol. The fourth-order valence-electron chi connectivity index (χ4n) is 6.29. The quantitative estimate of drug-likeness (QED) is 0.0599. The van der Waals surface area contributed by atoms with Crippen LogP contribution in [0.1, 0.15) is 60.9 Å². The van der Waals surface area contributed by atoms with Crippen molar-refractivity contribution in [3.63, 3.8) is 0 Å². The van der Waals surface area contributed by atoms with Crippen molar-refractivity contribution in [2.75, 3.05) is 38.5 Å². The number of ketones is 1. The van der Waals surface area contributed by atoms with E-state index in [1.165, 1.54) is 0 Å². The van der Waals surface area contributed by atoms with Crippen molar-refractivity contribution in [2.24, 2.45) is 23.1 Å². The van der Waals surface area contributed by atoms with E-state index in [4.69, 9.17) is 17.2 Å². The van der Waals surface area contributed by atoms with Gasteiger partial charge in [-0.15, -0.1) is 0 Å². The zero-order valence-electron chi connectivity index (χ0n) is 29.3. The predicted molar refractivity (Wildman–Crippen MR) is 204 cm³/mol. The predicted octanol–water partition coefficient (Wildman–Crippen LogP) is 3.83. The van der Waals surface area contributed by atoms with E-state index in [0.29, 0.717) is 57.2 Å². The number of benzene rings is 4. The fraction of sp³-hybridized carbons (Fsp3) is 0.410. The zero-order valence-corrected chi connectivity index (χ0v) is 30.1. The van der Waals surface area contributed by atoms with Crippen LogP contribution in [0.2, 0.25) is 0 Å². The summed E-state index contributed by atoms with van der Waals surface area (Å²) < 4.78 is 28.0. The van der Waals surface area contributed by atoms with E-state index in [1.54, 1.807) is 6.07 Å². The average Bonchev–Trinajstić information content (AvgIpc) is 3.13. The molecule has 11 nitrogen and oxygen atoms in total. The molecule has 0 saturated carbocycles. The number of hydrogen-bond acceptors (Lipinski definition) is 8. The molecule has 0 aliphatic rings. The lowest BCUT2D eigenvalue weighted by atomic mass is 9.91. The third-order valence-electron chi connectivity index (χ3n) is 9.10. The third-order valence-corrected chi connectivity index (χ3v) is 10.9. The van der Waals surface area contributed by atoms with Crippen LogP contribution in [0.5, 0.6) is 0 Å². The monoisotopic (exact) mass is 716 g/mol. The standard InChI is InChI=1S/C39H52N6O5S/c40-20-7-5-13-33(25-37(46)32-19-18-29-10-1-2-12-31(29)24-32)39(48)44-35(16-6-8-21-41)27-45(51(49,50)23-22-42)28-38(47)43-26-34-15-9-14-30-11-3-4-17-36(30)34/h1-4,9-12,14-15,17-19,24,33,35H,5-8,13,16,20-23,25-28,40-42H2,(H,43,47)(H,44,48)/t33-,35+/m1/s1. The lowest BCUT2D eigenvalue weighted by Crippen LogP contribution is -2.51. The van der Waals surface area contributed by atoms with E-state index in [1.807, 2.05) is 78.9 Å². The van der Waals surface area contributed by atoms with Gasteiger partial charge in [0.05, 0.1) is 12.3 Å². The number of amides is 2. The van der Waals surface area contributed by atoms with E-state index in [0.717, 1.165) is 31.4 Å². The molecule has 0 fully saturated rings. The van der Waals surface area contributed by atoms with Crippen LogP contribution in [0.4, 0.5) is 0 Å². The molecule has 4 aromatic rings. The first-order valence-corrected chi connectivity index (χ1v) is 19.4. The number of fused-ring (bicyclic) bond motifs is 2. The smallest absolute Gasteiger partial charge is 0.235 e. The molecule has 0 spiro atoms. The van der Waals surface area contributed by atoms with Crippen LogP contribution < -0.4 is 27.8 Å². The van der Waals surface area contributed by atoms with Gasteiger partial charge in [-0.1, -0.05) is 91.7 Å². The fourth-order valence-corrected chi connectivity index (χ4v) is 7.56. The molecule has 2 atom stereocenters. The van der Waals surface area contributed by atoms with Crippen molar-refractivity contribution >= 4 is 49.2 Å². The molecule has 8 N–H and O–H groups in total. The number of Topliss-reactive ketones (excluding diaryl/α,β-unsaturated/α-hetero) is 1. The molecular formula is C39H52N6O5S. The Hall–Kier alpha value is -4.20. The van der Waals surface area contributed by atoms with Crippen molar-refractivity contribution in [2.45, 2.75) is 57.5 Å². The summed E-state index contributed by atoms with van der Waals surface area (Å²) in [5.41, 5.74) is 18.6. The molecule has 0 bridgehead atoms. The van der Waals surface area contributed by atoms with Crippen LogP contribution in [-0.2, 0) is 26.2 Å². The van der Waals surface area contributed by atoms with Crippen LogP contribution in [0.15, 0.2) is 84.9 Å². The molecule has 4 aromatic carbocycles. The number of carbonyl (C=O) groups excluding carboxylic acids is 3. The second kappa shape index (κ2) is 20.0. The first-order chi connectivity index (χ1) is 24.6. The number of unbranched alkanes of at least 4 members (excludes halogenated alkanes) is 2. The van der Waals surface area contributed by atoms with Gasteiger partial charge in [-0.2, -0.15) is 4.31 Å². The molecule has 0 aromatic heterocycles. The summed E-state index contributed by atoms with van der Waals surface area (Å²) in [5, 5.41) is 9.91. The van der Waals surface area contributed by atoms with Crippen LogP contribution in [0.25, 0.3) is 21.5 Å². The number of nitrogens with two attached hydrogens (primary N) is 3. The highest BCUT2D eigenvalue weighted by Crippen LogP contribution is 2.22. The Morgan fingerprint density at radius 2 is 1.39 bits per heavy atom. The minimum Gasteiger partial charge on any atom is -0.352 e. The molecule has 0 aliphatic heterocycles. The van der Waals surface area contributed by atoms with Gasteiger partial charge >= 0.3 is 0 Å². The molecule has 0 aliphatic carbocycles.